The first-order valence-electron chi connectivity index (χ1n) is 20.1. The topological polar surface area (TPSA) is 133 Å². The van der Waals surface area contributed by atoms with Gasteiger partial charge in [-0.05, 0) is 111 Å². The first-order valence-corrected chi connectivity index (χ1v) is 20.1. The molecule has 3 heterocycles. The molecule has 11 nitrogen and oxygen atoms in total. The number of hydrogen-bond acceptors (Lipinski definition) is 9. The lowest BCUT2D eigenvalue weighted by Gasteiger charge is -2.64. The van der Waals surface area contributed by atoms with E-state index in [0.29, 0.717) is 43.8 Å². The number of ether oxygens (including phenoxy) is 4. The van der Waals surface area contributed by atoms with Gasteiger partial charge in [-0.25, -0.2) is 4.98 Å². The number of aryl methyl sites for hydroxylation is 1. The van der Waals surface area contributed by atoms with Crippen molar-refractivity contribution < 1.29 is 38.7 Å². The maximum atomic E-state index is 13.3. The molecule has 1 aromatic rings. The Morgan fingerprint density at radius 3 is 2.46 bits per heavy atom. The molecular weight excluding hydrogens is 662 g/mol. The van der Waals surface area contributed by atoms with Crippen molar-refractivity contribution in [3.8, 4) is 0 Å². The predicted octanol–water partition coefficient (Wildman–Crippen LogP) is 5.12. The van der Waals surface area contributed by atoms with Gasteiger partial charge in [-0.2, -0.15) is 0 Å². The molecule has 5 aliphatic carbocycles. The Bertz CT molecular complexity index is 1590. The summed E-state index contributed by atoms with van der Waals surface area (Å²) in [7, 11) is 1.84. The summed E-state index contributed by atoms with van der Waals surface area (Å²) in [5.41, 5.74) is -1.32. The molecular formula is C41H63N3O8. The summed E-state index contributed by atoms with van der Waals surface area (Å²) < 4.78 is 27.3. The lowest BCUT2D eigenvalue weighted by Crippen LogP contribution is -2.60. The second-order valence-electron chi connectivity index (χ2n) is 19.8. The van der Waals surface area contributed by atoms with Crippen molar-refractivity contribution >= 4 is 11.9 Å². The van der Waals surface area contributed by atoms with E-state index in [4.69, 9.17) is 18.9 Å². The minimum absolute atomic E-state index is 0.0297. The fourth-order valence-corrected chi connectivity index (χ4v) is 14.4. The molecule has 0 radical (unpaired) electrons. The smallest absolute Gasteiger partial charge is 0.303 e. The number of aliphatic hydroxyl groups excluding tert-OH is 1. The first-order chi connectivity index (χ1) is 24.3. The highest BCUT2D eigenvalue weighted by Crippen LogP contribution is 2.89. The van der Waals surface area contributed by atoms with Crippen molar-refractivity contribution in [1.82, 2.24) is 14.5 Å². The molecule has 2 saturated heterocycles. The molecule has 290 valence electrons. The molecule has 14 atom stereocenters. The Hall–Kier alpha value is -2.05. The van der Waals surface area contributed by atoms with Gasteiger partial charge in [-0.3, -0.25) is 9.59 Å². The van der Waals surface area contributed by atoms with Gasteiger partial charge >= 0.3 is 5.97 Å². The second-order valence-corrected chi connectivity index (χ2v) is 19.8. The van der Waals surface area contributed by atoms with Gasteiger partial charge in [0.25, 0.3) is 5.91 Å². The number of hydrogen-bond donors (Lipinski definition) is 2. The monoisotopic (exact) mass is 725 g/mol. The molecule has 2 N–H and O–H groups in total. The number of nitrogens with zero attached hydrogens (tertiary/aromatic N) is 3. The van der Waals surface area contributed by atoms with Crippen molar-refractivity contribution in [3.05, 3.63) is 18.2 Å². The van der Waals surface area contributed by atoms with E-state index in [1.165, 1.54) is 19.8 Å². The zero-order valence-corrected chi connectivity index (χ0v) is 32.9. The number of esters is 1. The zero-order valence-electron chi connectivity index (χ0n) is 32.9. The minimum atomic E-state index is -1.27. The van der Waals surface area contributed by atoms with Gasteiger partial charge in [0.1, 0.15) is 0 Å². The van der Waals surface area contributed by atoms with E-state index < -0.39 is 36.2 Å². The van der Waals surface area contributed by atoms with Crippen LogP contribution in [0, 0.1) is 50.7 Å². The summed E-state index contributed by atoms with van der Waals surface area (Å²) in [6, 6.07) is 0. The van der Waals surface area contributed by atoms with Crippen LogP contribution in [0.15, 0.2) is 12.4 Å². The number of rotatable bonds is 6. The van der Waals surface area contributed by atoms with Gasteiger partial charge in [0.2, 0.25) is 0 Å². The van der Waals surface area contributed by atoms with E-state index in [-0.39, 0.29) is 57.0 Å². The van der Waals surface area contributed by atoms with Crippen LogP contribution >= 0.6 is 0 Å². The summed E-state index contributed by atoms with van der Waals surface area (Å²) >= 11 is 0. The average molecular weight is 726 g/mol. The van der Waals surface area contributed by atoms with E-state index in [1.807, 2.05) is 11.9 Å². The quantitative estimate of drug-likeness (QED) is 0.384. The fraction of sp³-hybridized carbons (Fsp3) is 0.878. The number of morpholine rings is 1. The van der Waals surface area contributed by atoms with E-state index in [9.17, 15) is 19.8 Å². The van der Waals surface area contributed by atoms with Crippen molar-refractivity contribution in [2.45, 2.75) is 149 Å². The van der Waals surface area contributed by atoms with Crippen molar-refractivity contribution in [1.29, 1.82) is 0 Å². The van der Waals surface area contributed by atoms with Crippen LogP contribution in [-0.4, -0.2) is 98.6 Å². The number of aromatic nitrogens is 2. The minimum Gasteiger partial charge on any atom is -0.457 e. The van der Waals surface area contributed by atoms with Crippen LogP contribution in [0.25, 0.3) is 0 Å². The van der Waals surface area contributed by atoms with E-state index in [0.717, 1.165) is 32.1 Å². The summed E-state index contributed by atoms with van der Waals surface area (Å²) in [4.78, 5) is 31.5. The molecule has 52 heavy (non-hydrogen) atoms. The maximum Gasteiger partial charge on any atom is 0.303 e. The molecule has 11 heteroatoms. The first kappa shape index (κ1) is 36.9. The number of aliphatic hydroxyl groups is 2. The number of fused-ring (bicyclic) bond motifs is 4. The summed E-state index contributed by atoms with van der Waals surface area (Å²) in [5.74, 6) is 1.24. The van der Waals surface area contributed by atoms with E-state index in [2.05, 4.69) is 39.6 Å². The SMILES string of the molecule is CC(=O)O[C@@H](C1C[C@@H](C)[C@H]2C(O1)[C@H](O)[C@@]1(C)C3CC[C@H]4C(C)(C)C(O[C@H]5CN(C(=O)c6nccn6C)CCO5)CC[C@@]45C[C@@]35CC[C@]21C)C(C)(C)O. The summed E-state index contributed by atoms with van der Waals surface area (Å²) in [5, 5.41) is 23.7. The molecule has 7 fully saturated rings. The van der Waals surface area contributed by atoms with Crippen LogP contribution in [-0.2, 0) is 30.8 Å². The van der Waals surface area contributed by atoms with Gasteiger partial charge < -0.3 is 38.6 Å². The molecule has 5 saturated carbocycles. The Morgan fingerprint density at radius 2 is 1.79 bits per heavy atom. The third-order valence-corrected chi connectivity index (χ3v) is 16.7. The third-order valence-electron chi connectivity index (χ3n) is 16.7. The normalized spacial score (nSPS) is 46.9. The van der Waals surface area contributed by atoms with Crippen LogP contribution in [0.1, 0.15) is 117 Å². The van der Waals surface area contributed by atoms with Crippen LogP contribution in [0.4, 0.5) is 0 Å². The van der Waals surface area contributed by atoms with Crippen LogP contribution in [0.5, 0.6) is 0 Å². The van der Waals surface area contributed by atoms with Gasteiger partial charge in [-0.1, -0.05) is 34.6 Å². The number of amides is 1. The largest absolute Gasteiger partial charge is 0.457 e. The third kappa shape index (κ3) is 4.96. The van der Waals surface area contributed by atoms with Gasteiger partial charge in [0, 0.05) is 38.3 Å². The van der Waals surface area contributed by atoms with Gasteiger partial charge in [0.05, 0.1) is 43.2 Å². The molecule has 0 aromatic carbocycles. The Labute approximate surface area is 309 Å². The molecule has 1 aromatic heterocycles. The van der Waals surface area contributed by atoms with E-state index in [1.54, 1.807) is 30.8 Å². The predicted molar refractivity (Wildman–Crippen MR) is 192 cm³/mol. The summed E-state index contributed by atoms with van der Waals surface area (Å²) in [6.45, 7) is 18.0. The molecule has 0 bridgehead atoms. The summed E-state index contributed by atoms with van der Waals surface area (Å²) in [6.07, 6.45) is 9.13. The van der Waals surface area contributed by atoms with Gasteiger partial charge in [0.15, 0.2) is 18.2 Å². The van der Waals surface area contributed by atoms with Crippen LogP contribution in [0.3, 0.4) is 0 Å². The van der Waals surface area contributed by atoms with Gasteiger partial charge in [-0.15, -0.1) is 0 Å². The maximum absolute atomic E-state index is 13.3. The van der Waals surface area contributed by atoms with Crippen molar-refractivity contribution in [2.24, 2.45) is 57.8 Å². The standard InChI is InChI=1S/C41H63N3O8/c1-23-20-25(33(37(5,6)48)50-24(2)45)51-31-30(23)38(7)14-15-41-22-40(41)13-12-28(36(3,4)26(40)10-11-27(41)39(38,8)32(31)46)52-29-21-44(18-19-49-29)35(47)34-42-16-17-43(34)9/h16-17,23,25-33,46,48H,10-15,18-22H2,1-9H3/t23-,25?,26+,27?,28?,29+,30+,31?,32+,33+,38-,39-,40-,41+/m1/s1. The Kier molecular flexibility index (Phi) is 8.50. The Morgan fingerprint density at radius 1 is 1.08 bits per heavy atom. The lowest BCUT2D eigenvalue weighted by atomic mass is 9.41. The van der Waals surface area contributed by atoms with Crippen molar-refractivity contribution in [2.75, 3.05) is 19.7 Å². The molecule has 2 aliphatic heterocycles. The molecule has 7 aliphatic rings. The zero-order chi connectivity index (χ0) is 37.4. The average Bonchev–Trinajstić information content (AvgIpc) is 3.48. The molecule has 4 unspecified atom stereocenters. The van der Waals surface area contributed by atoms with Crippen LogP contribution in [0.2, 0.25) is 0 Å². The highest BCUT2D eigenvalue weighted by atomic mass is 16.7. The number of imidazole rings is 1. The van der Waals surface area contributed by atoms with E-state index >= 15 is 0 Å². The Balaban J connectivity index is 1.01. The van der Waals surface area contributed by atoms with Crippen LogP contribution < -0.4 is 0 Å². The fourth-order valence-electron chi connectivity index (χ4n) is 14.4. The molecule has 1 amide bonds. The number of carbonyl (C=O) groups excluding carboxylic acids is 2. The molecule has 2 spiro atoms. The molecule has 8 rings (SSSR count). The highest BCUT2D eigenvalue weighted by Gasteiger charge is 2.84. The lowest BCUT2D eigenvalue weighted by molar-refractivity contribution is -0.245. The highest BCUT2D eigenvalue weighted by molar-refractivity contribution is 5.90. The second kappa shape index (κ2) is 12.0. The van der Waals surface area contributed by atoms with Crippen molar-refractivity contribution in [3.63, 3.8) is 0 Å². The number of carbonyl (C=O) groups is 2.